The van der Waals surface area contributed by atoms with Gasteiger partial charge in [0.05, 0.1) is 26.6 Å². The van der Waals surface area contributed by atoms with Gasteiger partial charge in [0.25, 0.3) is 5.91 Å². The second-order valence-electron chi connectivity index (χ2n) is 10.7. The van der Waals surface area contributed by atoms with Gasteiger partial charge in [0.15, 0.2) is 9.84 Å². The molecule has 3 amide bonds. The maximum Gasteiger partial charge on any atom is 0.289 e. The number of nitrogens with zero attached hydrogens (tertiary/aromatic N) is 1. The molecule has 0 bridgehead atoms. The zero-order valence-electron chi connectivity index (χ0n) is 21.7. The highest BCUT2D eigenvalue weighted by Gasteiger charge is 2.56. The van der Waals surface area contributed by atoms with Gasteiger partial charge in [-0.2, -0.15) is 0 Å². The molecule has 5 rings (SSSR count). The molecule has 212 valence electrons. The summed E-state index contributed by atoms with van der Waals surface area (Å²) >= 11 is 12.2. The lowest BCUT2D eigenvalue weighted by Crippen LogP contribution is -2.57. The number of rotatable bonds is 9. The second kappa shape index (κ2) is 10.9. The van der Waals surface area contributed by atoms with Crippen molar-refractivity contribution in [2.45, 2.75) is 72.7 Å². The van der Waals surface area contributed by atoms with Crippen molar-refractivity contribution in [2.75, 3.05) is 6.54 Å². The van der Waals surface area contributed by atoms with Gasteiger partial charge in [-0.15, -0.1) is 0 Å². The molecule has 0 radical (unpaired) electrons. The number of imide groups is 1. The largest absolute Gasteiger partial charge is 0.347 e. The van der Waals surface area contributed by atoms with Gasteiger partial charge in [-0.1, -0.05) is 47.5 Å². The van der Waals surface area contributed by atoms with Crippen molar-refractivity contribution in [3.05, 3.63) is 64.1 Å². The fourth-order valence-electron chi connectivity index (χ4n) is 5.16. The summed E-state index contributed by atoms with van der Waals surface area (Å²) in [6, 6.07) is 10.3. The molecule has 0 unspecified atom stereocenters. The molecule has 1 heterocycles. The Bertz CT molecular complexity index is 1470. The van der Waals surface area contributed by atoms with Gasteiger partial charge in [-0.25, -0.2) is 8.42 Å². The van der Waals surface area contributed by atoms with E-state index in [1.807, 2.05) is 0 Å². The highest BCUT2D eigenvalue weighted by atomic mass is 35.5. The highest BCUT2D eigenvalue weighted by molar-refractivity contribution is 7.92. The molecule has 3 atom stereocenters. The smallest absolute Gasteiger partial charge is 0.289 e. The Labute approximate surface area is 242 Å². The normalized spacial score (nSPS) is 22.3. The number of nitrogens with one attached hydrogen (secondary N) is 2. The number of carbonyl (C=O) groups is 4. The summed E-state index contributed by atoms with van der Waals surface area (Å²) in [6.45, 7) is 1.31. The Morgan fingerprint density at radius 2 is 1.68 bits per heavy atom. The third-order valence-corrected chi connectivity index (χ3v) is 10.8. The van der Waals surface area contributed by atoms with Gasteiger partial charge in [-0.3, -0.25) is 24.1 Å². The van der Waals surface area contributed by atoms with Crippen molar-refractivity contribution < 1.29 is 27.6 Å². The number of halogens is 2. The Hall–Kier alpha value is -2.79. The van der Waals surface area contributed by atoms with Gasteiger partial charge >= 0.3 is 0 Å². The van der Waals surface area contributed by atoms with Gasteiger partial charge in [0.1, 0.15) is 6.04 Å². The van der Waals surface area contributed by atoms with Crippen LogP contribution in [0.25, 0.3) is 0 Å². The number of benzene rings is 2. The van der Waals surface area contributed by atoms with Crippen molar-refractivity contribution >= 4 is 56.5 Å². The average Bonchev–Trinajstić information content (AvgIpc) is 3.86. The van der Waals surface area contributed by atoms with E-state index in [4.69, 9.17) is 23.2 Å². The highest BCUT2D eigenvalue weighted by Crippen LogP contribution is 2.50. The standard InChI is InChI=1S/C28H29Cl2N3O6S/c1-16(24(34)25(35)32-19-10-11-19)33(27(37)28(12-13-28)17-6-8-18(29)9-7-17)26(36)22-14-20(15-31-22)40(38,39)23-5-3-2-4-21(23)30/h2-9,16,19-20,22,31H,10-15H2,1H3,(H,32,35)/t16-,20+,22-/m0/s1. The summed E-state index contributed by atoms with van der Waals surface area (Å²) < 4.78 is 26.6. The van der Waals surface area contributed by atoms with Crippen LogP contribution >= 0.6 is 23.2 Å². The Morgan fingerprint density at radius 1 is 1.02 bits per heavy atom. The molecule has 1 aliphatic heterocycles. The minimum atomic E-state index is -3.90. The second-order valence-corrected chi connectivity index (χ2v) is 13.7. The number of hydrogen-bond acceptors (Lipinski definition) is 7. The quantitative estimate of drug-likeness (QED) is 0.332. The van der Waals surface area contributed by atoms with Crippen molar-refractivity contribution in [1.29, 1.82) is 0 Å². The van der Waals surface area contributed by atoms with E-state index >= 15 is 0 Å². The number of ketones is 1. The van der Waals surface area contributed by atoms with E-state index < -0.39 is 56.1 Å². The van der Waals surface area contributed by atoms with Crippen molar-refractivity contribution in [3.8, 4) is 0 Å². The lowest BCUT2D eigenvalue weighted by Gasteiger charge is -2.32. The third kappa shape index (κ3) is 5.42. The molecule has 2 aromatic rings. The minimum Gasteiger partial charge on any atom is -0.347 e. The van der Waals surface area contributed by atoms with Crippen molar-refractivity contribution in [1.82, 2.24) is 15.5 Å². The molecular weight excluding hydrogens is 577 g/mol. The van der Waals surface area contributed by atoms with E-state index in [1.165, 1.54) is 19.1 Å². The maximum atomic E-state index is 14.1. The lowest BCUT2D eigenvalue weighted by atomic mass is 9.92. The van der Waals surface area contributed by atoms with Crippen LogP contribution in [0.5, 0.6) is 0 Å². The molecular formula is C28H29Cl2N3O6S. The van der Waals surface area contributed by atoms with E-state index in [1.54, 1.807) is 36.4 Å². The maximum absolute atomic E-state index is 14.1. The summed E-state index contributed by atoms with van der Waals surface area (Å²) in [4.78, 5) is 54.6. The molecule has 3 aliphatic rings. The number of hydrogen-bond donors (Lipinski definition) is 2. The van der Waals surface area contributed by atoms with Crippen LogP contribution in [-0.4, -0.2) is 66.7 Å². The van der Waals surface area contributed by atoms with Crippen LogP contribution < -0.4 is 10.6 Å². The fourth-order valence-corrected chi connectivity index (χ4v) is 7.47. The van der Waals surface area contributed by atoms with Crippen LogP contribution in [0.4, 0.5) is 0 Å². The molecule has 0 spiro atoms. The molecule has 2 N–H and O–H groups in total. The van der Waals surface area contributed by atoms with Crippen LogP contribution in [-0.2, 0) is 34.4 Å². The summed E-state index contributed by atoms with van der Waals surface area (Å²) in [5, 5.41) is 5.13. The molecule has 12 heteroatoms. The summed E-state index contributed by atoms with van der Waals surface area (Å²) in [7, 11) is -3.90. The average molecular weight is 607 g/mol. The van der Waals surface area contributed by atoms with E-state index in [0.29, 0.717) is 23.4 Å². The summed E-state index contributed by atoms with van der Waals surface area (Å²) in [5.41, 5.74) is -0.385. The summed E-state index contributed by atoms with van der Waals surface area (Å²) in [6.07, 6.45) is 2.31. The van der Waals surface area contributed by atoms with E-state index in [0.717, 1.165) is 17.7 Å². The molecule has 2 saturated carbocycles. The molecule has 1 saturated heterocycles. The third-order valence-electron chi connectivity index (χ3n) is 7.89. The molecule has 9 nitrogen and oxygen atoms in total. The first-order chi connectivity index (χ1) is 19.0. The van der Waals surface area contributed by atoms with Gasteiger partial charge in [-0.05, 0) is 68.9 Å². The lowest BCUT2D eigenvalue weighted by molar-refractivity contribution is -0.155. The van der Waals surface area contributed by atoms with Crippen molar-refractivity contribution in [3.63, 3.8) is 0 Å². The predicted molar refractivity (Wildman–Crippen MR) is 149 cm³/mol. The molecule has 3 fully saturated rings. The van der Waals surface area contributed by atoms with Crippen LogP contribution in [0, 0.1) is 0 Å². The van der Waals surface area contributed by atoms with Crippen molar-refractivity contribution in [2.24, 2.45) is 0 Å². The topological polar surface area (TPSA) is 130 Å². The van der Waals surface area contributed by atoms with Crippen LogP contribution in [0.1, 0.15) is 44.6 Å². The van der Waals surface area contributed by atoms with Crippen LogP contribution in [0.2, 0.25) is 10.0 Å². The first-order valence-corrected chi connectivity index (χ1v) is 15.5. The van der Waals surface area contributed by atoms with Crippen LogP contribution in [0.3, 0.4) is 0 Å². The number of carbonyl (C=O) groups excluding carboxylic acids is 4. The Balaban J connectivity index is 1.42. The number of sulfone groups is 1. The van der Waals surface area contributed by atoms with E-state index in [9.17, 15) is 27.6 Å². The van der Waals surface area contributed by atoms with E-state index in [2.05, 4.69) is 10.6 Å². The monoisotopic (exact) mass is 605 g/mol. The predicted octanol–water partition coefficient (Wildman–Crippen LogP) is 2.82. The molecule has 40 heavy (non-hydrogen) atoms. The fraction of sp³-hybridized carbons (Fsp3) is 0.429. The van der Waals surface area contributed by atoms with Gasteiger partial charge < -0.3 is 10.6 Å². The minimum absolute atomic E-state index is 0.0375. The van der Waals surface area contributed by atoms with Crippen LogP contribution in [0.15, 0.2) is 53.4 Å². The molecule has 2 aliphatic carbocycles. The van der Waals surface area contributed by atoms with Gasteiger partial charge in [0.2, 0.25) is 17.6 Å². The number of amides is 3. The summed E-state index contributed by atoms with van der Waals surface area (Å²) in [5.74, 6) is -3.10. The molecule has 2 aromatic carbocycles. The van der Waals surface area contributed by atoms with Gasteiger partial charge in [0, 0.05) is 17.6 Å². The zero-order chi connectivity index (χ0) is 28.8. The zero-order valence-corrected chi connectivity index (χ0v) is 24.1. The first-order valence-electron chi connectivity index (χ1n) is 13.2. The Morgan fingerprint density at radius 3 is 2.27 bits per heavy atom. The Kier molecular flexibility index (Phi) is 7.82. The van der Waals surface area contributed by atoms with E-state index in [-0.39, 0.29) is 28.9 Å². The molecule has 0 aromatic heterocycles. The number of Topliss-reactive ketones (excluding diaryl/α,β-unsaturated/α-hetero) is 1. The first kappa shape index (κ1) is 28.7. The SMILES string of the molecule is C[C@@H](C(=O)C(=O)NC1CC1)N(C(=O)[C@@H]1C[C@@H](S(=O)(=O)c2ccccc2Cl)CN1)C(=O)C1(c2ccc(Cl)cc2)CC1.